The zero-order valence-electron chi connectivity index (χ0n) is 20.1. The Labute approximate surface area is 215 Å². The van der Waals surface area contributed by atoms with Crippen LogP contribution in [0.15, 0.2) is 112 Å². The quantitative estimate of drug-likeness (QED) is 0.175. The van der Waals surface area contributed by atoms with Crippen LogP contribution in [-0.2, 0) is 0 Å². The third-order valence-corrected chi connectivity index (χ3v) is 5.59. The maximum Gasteiger partial charge on any atom is 0.0866 e. The largest absolute Gasteiger partial charge is 0.389 e. The van der Waals surface area contributed by atoms with Gasteiger partial charge in [-0.15, -0.1) is 0 Å². The van der Waals surface area contributed by atoms with Gasteiger partial charge in [0.15, 0.2) is 0 Å². The number of nitrogens with zero attached hydrogens (tertiary/aromatic N) is 1. The molecule has 0 bridgehead atoms. The van der Waals surface area contributed by atoms with Crippen molar-refractivity contribution in [2.24, 2.45) is 4.99 Å². The van der Waals surface area contributed by atoms with Gasteiger partial charge >= 0.3 is 0 Å². The summed E-state index contributed by atoms with van der Waals surface area (Å²) in [7, 11) is 0. The average molecular weight is 494 g/mol. The second-order valence-corrected chi connectivity index (χ2v) is 8.55. The van der Waals surface area contributed by atoms with Gasteiger partial charge in [0.25, 0.3) is 0 Å². The number of halogens is 2. The van der Waals surface area contributed by atoms with Crippen molar-refractivity contribution in [3.05, 3.63) is 118 Å². The van der Waals surface area contributed by atoms with E-state index in [1.807, 2.05) is 43.6 Å². The Morgan fingerprint density at radius 3 is 2.68 bits per heavy atom. The molecule has 0 aliphatic heterocycles. The van der Waals surface area contributed by atoms with E-state index in [9.17, 15) is 0 Å². The summed E-state index contributed by atoms with van der Waals surface area (Å²) in [6, 6.07) is 8.48. The summed E-state index contributed by atoms with van der Waals surface area (Å²) < 4.78 is 0. The fraction of sp³-hybridized carbons (Fsp3) is 0.233. The predicted molar refractivity (Wildman–Crippen MR) is 153 cm³/mol. The van der Waals surface area contributed by atoms with Crippen molar-refractivity contribution in [1.29, 1.82) is 0 Å². The number of unbranched alkanes of at least 4 members (excludes halogenated alkanes) is 1. The van der Waals surface area contributed by atoms with Gasteiger partial charge in [-0.3, -0.25) is 4.99 Å². The lowest BCUT2D eigenvalue weighted by Gasteiger charge is -2.08. The van der Waals surface area contributed by atoms with Crippen LogP contribution in [0.5, 0.6) is 0 Å². The molecule has 1 aliphatic rings. The molecule has 0 unspecified atom stereocenters. The van der Waals surface area contributed by atoms with Gasteiger partial charge in [-0.1, -0.05) is 116 Å². The molecule has 0 saturated carbocycles. The monoisotopic (exact) mass is 492 g/mol. The zero-order valence-corrected chi connectivity index (χ0v) is 21.6. The minimum Gasteiger partial charge on any atom is -0.389 e. The van der Waals surface area contributed by atoms with Crippen molar-refractivity contribution in [3.63, 3.8) is 0 Å². The molecule has 34 heavy (non-hydrogen) atoms. The van der Waals surface area contributed by atoms with Gasteiger partial charge in [-0.2, -0.15) is 0 Å². The van der Waals surface area contributed by atoms with E-state index in [1.54, 1.807) is 6.08 Å². The highest BCUT2D eigenvalue weighted by atomic mass is 35.5. The molecule has 1 aromatic rings. The van der Waals surface area contributed by atoms with Crippen molar-refractivity contribution in [1.82, 2.24) is 5.32 Å². The first-order valence-electron chi connectivity index (χ1n) is 11.7. The Kier molecular flexibility index (Phi) is 12.9. The van der Waals surface area contributed by atoms with Gasteiger partial charge in [0, 0.05) is 36.0 Å². The number of hydrogen-bond donors (Lipinski definition) is 1. The maximum absolute atomic E-state index is 6.51. The van der Waals surface area contributed by atoms with Crippen molar-refractivity contribution in [2.45, 2.75) is 39.5 Å². The van der Waals surface area contributed by atoms with Crippen molar-refractivity contribution >= 4 is 41.1 Å². The SMILES string of the molecule is C=C/C=C(\C=C/C)c1ccc(C=CCC=N/C(=C\NCCCC)C2=CCC=C(Cl)C=C2Cl)cc1. The molecule has 0 saturated heterocycles. The lowest BCUT2D eigenvalue weighted by molar-refractivity contribution is 0.732. The summed E-state index contributed by atoms with van der Waals surface area (Å²) in [5.41, 5.74) is 5.14. The summed E-state index contributed by atoms with van der Waals surface area (Å²) >= 11 is 12.7. The Balaban J connectivity index is 2.07. The number of allylic oxidation sites excluding steroid dienone is 11. The lowest BCUT2D eigenvalue weighted by Crippen LogP contribution is -2.08. The van der Waals surface area contributed by atoms with Crippen LogP contribution >= 0.6 is 23.2 Å². The second kappa shape index (κ2) is 15.9. The minimum atomic E-state index is 0.595. The highest BCUT2D eigenvalue weighted by Crippen LogP contribution is 2.29. The lowest BCUT2D eigenvalue weighted by atomic mass is 10.0. The molecule has 1 aromatic carbocycles. The van der Waals surface area contributed by atoms with Crippen molar-refractivity contribution in [3.8, 4) is 0 Å². The van der Waals surface area contributed by atoms with E-state index < -0.39 is 0 Å². The van der Waals surface area contributed by atoms with E-state index in [0.717, 1.165) is 48.2 Å². The van der Waals surface area contributed by atoms with E-state index in [1.165, 1.54) is 5.56 Å². The molecule has 2 rings (SSSR count). The first-order chi connectivity index (χ1) is 16.6. The molecule has 4 heteroatoms. The van der Waals surface area contributed by atoms with Gasteiger partial charge in [0.1, 0.15) is 0 Å². The van der Waals surface area contributed by atoms with Crippen molar-refractivity contribution < 1.29 is 0 Å². The Morgan fingerprint density at radius 2 is 1.97 bits per heavy atom. The van der Waals surface area contributed by atoms with Crippen LogP contribution in [0.4, 0.5) is 0 Å². The third-order valence-electron chi connectivity index (χ3n) is 5.02. The van der Waals surface area contributed by atoms with E-state index in [2.05, 4.69) is 67.4 Å². The molecule has 0 heterocycles. The van der Waals surface area contributed by atoms with Crippen LogP contribution in [0.1, 0.15) is 50.7 Å². The molecule has 178 valence electrons. The Hall–Kier alpha value is -2.81. The van der Waals surface area contributed by atoms with Crippen molar-refractivity contribution in [2.75, 3.05) is 6.54 Å². The number of rotatable bonds is 12. The summed E-state index contributed by atoms with van der Waals surface area (Å²) in [5, 5.41) is 4.59. The van der Waals surface area contributed by atoms with E-state index in [4.69, 9.17) is 28.2 Å². The van der Waals surface area contributed by atoms with Crippen LogP contribution in [0.3, 0.4) is 0 Å². The predicted octanol–water partition coefficient (Wildman–Crippen LogP) is 9.11. The van der Waals surface area contributed by atoms with Gasteiger partial charge in [-0.05, 0) is 42.5 Å². The third kappa shape index (κ3) is 9.59. The maximum atomic E-state index is 6.51. The molecule has 2 nitrogen and oxygen atoms in total. The normalized spacial score (nSPS) is 15.5. The number of benzene rings is 1. The standard InChI is InChI=1S/C30H34Cl2N2/c1-4-7-20-33-23-30(28-15-10-14-27(31)22-29(28)32)34-21-9-8-13-24-16-18-26(19-17-24)25(11-5-2)12-6-3/h5-6,8,11-19,21-23,33H,2,4,7,9-10,20H2,1,3H3/b12-6-,13-8?,25-11+,30-23-,34-21?. The fourth-order valence-corrected chi connectivity index (χ4v) is 3.81. The van der Waals surface area contributed by atoms with Crippen LogP contribution in [0.2, 0.25) is 0 Å². The number of aliphatic imine (C=N–C) groups is 1. The number of hydrogen-bond acceptors (Lipinski definition) is 2. The molecule has 0 radical (unpaired) electrons. The molecule has 1 N–H and O–H groups in total. The molecular weight excluding hydrogens is 459 g/mol. The van der Waals surface area contributed by atoms with Crippen LogP contribution in [0.25, 0.3) is 11.6 Å². The molecular formula is C30H34Cl2N2. The molecule has 0 fully saturated rings. The topological polar surface area (TPSA) is 24.4 Å². The first-order valence-corrected chi connectivity index (χ1v) is 12.5. The molecule has 0 spiro atoms. The van der Waals surface area contributed by atoms with Crippen LogP contribution in [-0.4, -0.2) is 12.8 Å². The summed E-state index contributed by atoms with van der Waals surface area (Å²) in [6.07, 6.45) is 25.4. The van der Waals surface area contributed by atoms with Crippen LogP contribution in [0, 0.1) is 0 Å². The molecule has 0 aromatic heterocycles. The number of nitrogens with one attached hydrogen (secondary N) is 1. The Bertz CT molecular complexity index is 1050. The highest BCUT2D eigenvalue weighted by molar-refractivity contribution is 6.36. The molecule has 0 amide bonds. The van der Waals surface area contributed by atoms with E-state index >= 15 is 0 Å². The summed E-state index contributed by atoms with van der Waals surface area (Å²) in [6.45, 7) is 8.88. The van der Waals surface area contributed by atoms with Gasteiger partial charge in [0.05, 0.1) is 10.7 Å². The van der Waals surface area contributed by atoms with Gasteiger partial charge in [0.2, 0.25) is 0 Å². The highest BCUT2D eigenvalue weighted by Gasteiger charge is 2.10. The van der Waals surface area contributed by atoms with E-state index in [-0.39, 0.29) is 0 Å². The Morgan fingerprint density at radius 1 is 1.18 bits per heavy atom. The average Bonchev–Trinajstić information content (AvgIpc) is 3.00. The fourth-order valence-electron chi connectivity index (χ4n) is 3.26. The van der Waals surface area contributed by atoms with Gasteiger partial charge < -0.3 is 5.32 Å². The smallest absolute Gasteiger partial charge is 0.0866 e. The zero-order chi connectivity index (χ0) is 24.6. The molecule has 0 atom stereocenters. The minimum absolute atomic E-state index is 0.595. The summed E-state index contributed by atoms with van der Waals surface area (Å²) in [5.74, 6) is 0. The van der Waals surface area contributed by atoms with Gasteiger partial charge in [-0.25, -0.2) is 0 Å². The molecule has 1 aliphatic carbocycles. The first kappa shape index (κ1) is 27.4. The second-order valence-electron chi connectivity index (χ2n) is 7.70. The van der Waals surface area contributed by atoms with E-state index in [0.29, 0.717) is 16.5 Å². The van der Waals surface area contributed by atoms with Crippen LogP contribution < -0.4 is 5.32 Å². The summed E-state index contributed by atoms with van der Waals surface area (Å²) in [4.78, 5) is 4.71.